The maximum Gasteiger partial charge on any atom is 0.322 e. The maximum absolute atomic E-state index is 12.7. The molecule has 0 unspecified atom stereocenters. The fourth-order valence-corrected chi connectivity index (χ4v) is 3.83. The smallest absolute Gasteiger partial charge is 0.322 e. The SMILES string of the molecule is CCS(=O)(=O)c1ccc(-c2nnc(NC(=O)c3cccc4ccccc34)o2)cc1. The minimum atomic E-state index is -3.28. The Balaban J connectivity index is 1.56. The molecule has 0 bridgehead atoms. The van der Waals surface area contributed by atoms with Gasteiger partial charge in [-0.1, -0.05) is 48.4 Å². The Morgan fingerprint density at radius 2 is 1.69 bits per heavy atom. The Morgan fingerprint density at radius 1 is 0.966 bits per heavy atom. The summed E-state index contributed by atoms with van der Waals surface area (Å²) in [7, 11) is -3.28. The van der Waals surface area contributed by atoms with Crippen molar-refractivity contribution in [3.63, 3.8) is 0 Å². The Labute approximate surface area is 167 Å². The van der Waals surface area contributed by atoms with Gasteiger partial charge in [0.15, 0.2) is 9.84 Å². The van der Waals surface area contributed by atoms with Crippen LogP contribution in [-0.4, -0.2) is 30.3 Å². The highest BCUT2D eigenvalue weighted by Crippen LogP contribution is 2.23. The number of amides is 1. The number of anilines is 1. The monoisotopic (exact) mass is 407 g/mol. The van der Waals surface area contributed by atoms with Crippen molar-refractivity contribution in [2.75, 3.05) is 11.1 Å². The van der Waals surface area contributed by atoms with Crippen molar-refractivity contribution in [2.45, 2.75) is 11.8 Å². The molecule has 146 valence electrons. The van der Waals surface area contributed by atoms with E-state index in [0.717, 1.165) is 10.8 Å². The van der Waals surface area contributed by atoms with E-state index in [1.807, 2.05) is 36.4 Å². The number of carbonyl (C=O) groups excluding carboxylic acids is 1. The van der Waals surface area contributed by atoms with E-state index in [1.54, 1.807) is 25.1 Å². The molecule has 1 amide bonds. The van der Waals surface area contributed by atoms with Crippen molar-refractivity contribution >= 4 is 32.5 Å². The number of hydrogen-bond acceptors (Lipinski definition) is 6. The van der Waals surface area contributed by atoms with Crippen LogP contribution in [0.3, 0.4) is 0 Å². The number of fused-ring (bicyclic) bond motifs is 1. The van der Waals surface area contributed by atoms with Crippen molar-refractivity contribution in [3.05, 3.63) is 72.3 Å². The van der Waals surface area contributed by atoms with Gasteiger partial charge in [0.2, 0.25) is 5.89 Å². The Bertz CT molecular complexity index is 1290. The molecule has 8 heteroatoms. The number of rotatable bonds is 5. The average Bonchev–Trinajstić information content (AvgIpc) is 3.21. The summed E-state index contributed by atoms with van der Waals surface area (Å²) < 4.78 is 29.3. The van der Waals surface area contributed by atoms with Gasteiger partial charge in [-0.15, -0.1) is 5.10 Å². The van der Waals surface area contributed by atoms with Crippen LogP contribution in [0, 0.1) is 0 Å². The summed E-state index contributed by atoms with van der Waals surface area (Å²) >= 11 is 0. The highest BCUT2D eigenvalue weighted by molar-refractivity contribution is 7.91. The van der Waals surface area contributed by atoms with E-state index >= 15 is 0 Å². The van der Waals surface area contributed by atoms with Crippen LogP contribution in [0.15, 0.2) is 76.0 Å². The third-order valence-corrected chi connectivity index (χ3v) is 6.27. The zero-order valence-corrected chi connectivity index (χ0v) is 16.3. The van der Waals surface area contributed by atoms with E-state index in [0.29, 0.717) is 11.1 Å². The van der Waals surface area contributed by atoms with Crippen LogP contribution in [0.5, 0.6) is 0 Å². The second-order valence-electron chi connectivity index (χ2n) is 6.32. The molecule has 7 nitrogen and oxygen atoms in total. The Morgan fingerprint density at radius 3 is 2.45 bits per heavy atom. The van der Waals surface area contributed by atoms with E-state index in [2.05, 4.69) is 15.5 Å². The highest BCUT2D eigenvalue weighted by atomic mass is 32.2. The first-order chi connectivity index (χ1) is 14.0. The molecular formula is C21H17N3O4S. The van der Waals surface area contributed by atoms with E-state index < -0.39 is 9.84 Å². The number of sulfone groups is 1. The van der Waals surface area contributed by atoms with Crippen molar-refractivity contribution in [1.82, 2.24) is 10.2 Å². The molecular weight excluding hydrogens is 390 g/mol. The lowest BCUT2D eigenvalue weighted by molar-refractivity contribution is 0.102. The fraction of sp³-hybridized carbons (Fsp3) is 0.0952. The largest absolute Gasteiger partial charge is 0.403 e. The van der Waals surface area contributed by atoms with Crippen molar-refractivity contribution in [2.24, 2.45) is 0 Å². The molecule has 0 spiro atoms. The van der Waals surface area contributed by atoms with Crippen molar-refractivity contribution < 1.29 is 17.6 Å². The lowest BCUT2D eigenvalue weighted by Gasteiger charge is -2.05. The average molecular weight is 407 g/mol. The first kappa shape index (κ1) is 18.8. The van der Waals surface area contributed by atoms with Crippen LogP contribution in [-0.2, 0) is 9.84 Å². The van der Waals surface area contributed by atoms with E-state index in [9.17, 15) is 13.2 Å². The van der Waals surface area contributed by atoms with Gasteiger partial charge < -0.3 is 4.42 Å². The summed E-state index contributed by atoms with van der Waals surface area (Å²) in [6, 6.07) is 19.2. The molecule has 0 atom stereocenters. The van der Waals surface area contributed by atoms with Crippen LogP contribution >= 0.6 is 0 Å². The summed E-state index contributed by atoms with van der Waals surface area (Å²) in [5, 5.41) is 12.2. The third kappa shape index (κ3) is 3.74. The molecule has 1 N–H and O–H groups in total. The van der Waals surface area contributed by atoms with Crippen molar-refractivity contribution in [1.29, 1.82) is 0 Å². The van der Waals surface area contributed by atoms with Gasteiger partial charge in [-0.3, -0.25) is 10.1 Å². The summed E-state index contributed by atoms with van der Waals surface area (Å²) in [6.07, 6.45) is 0. The topological polar surface area (TPSA) is 102 Å². The lowest BCUT2D eigenvalue weighted by atomic mass is 10.0. The van der Waals surface area contributed by atoms with Gasteiger partial charge in [-0.05, 0) is 41.1 Å². The number of hydrogen-bond donors (Lipinski definition) is 1. The zero-order chi connectivity index (χ0) is 20.4. The molecule has 0 aliphatic heterocycles. The van der Waals surface area contributed by atoms with Crippen LogP contribution in [0.2, 0.25) is 0 Å². The normalized spacial score (nSPS) is 11.5. The van der Waals surface area contributed by atoms with Gasteiger partial charge in [0.05, 0.1) is 10.6 Å². The zero-order valence-electron chi connectivity index (χ0n) is 15.5. The summed E-state index contributed by atoms with van der Waals surface area (Å²) in [4.78, 5) is 12.9. The number of nitrogens with one attached hydrogen (secondary N) is 1. The molecule has 0 saturated heterocycles. The van der Waals surface area contributed by atoms with Crippen LogP contribution in [0.4, 0.5) is 6.01 Å². The van der Waals surface area contributed by atoms with Gasteiger partial charge >= 0.3 is 6.01 Å². The minimum Gasteiger partial charge on any atom is -0.403 e. The minimum absolute atomic E-state index is 0.0251. The van der Waals surface area contributed by atoms with Crippen LogP contribution < -0.4 is 5.32 Å². The van der Waals surface area contributed by atoms with E-state index in [1.165, 1.54) is 12.1 Å². The van der Waals surface area contributed by atoms with Gasteiger partial charge in [0.25, 0.3) is 5.91 Å². The number of nitrogens with zero attached hydrogens (tertiary/aromatic N) is 2. The first-order valence-corrected chi connectivity index (χ1v) is 10.6. The Kier molecular flexibility index (Phi) is 4.85. The summed E-state index contributed by atoms with van der Waals surface area (Å²) in [5.74, 6) is -0.155. The Hall–Kier alpha value is -3.52. The molecule has 0 fully saturated rings. The highest BCUT2D eigenvalue weighted by Gasteiger charge is 2.16. The van der Waals surface area contributed by atoms with Crippen LogP contribution in [0.1, 0.15) is 17.3 Å². The van der Waals surface area contributed by atoms with Crippen molar-refractivity contribution in [3.8, 4) is 11.5 Å². The van der Waals surface area contributed by atoms with Gasteiger partial charge in [0.1, 0.15) is 0 Å². The lowest BCUT2D eigenvalue weighted by Crippen LogP contribution is -2.12. The molecule has 4 aromatic rings. The molecule has 0 radical (unpaired) electrons. The maximum atomic E-state index is 12.7. The molecule has 1 heterocycles. The number of benzene rings is 3. The van der Waals surface area contributed by atoms with Gasteiger partial charge in [-0.25, -0.2) is 8.42 Å². The molecule has 0 aliphatic rings. The second kappa shape index (κ2) is 7.48. The van der Waals surface area contributed by atoms with Gasteiger partial charge in [0, 0.05) is 11.1 Å². The summed E-state index contributed by atoms with van der Waals surface area (Å²) in [5.41, 5.74) is 1.05. The number of carbonyl (C=O) groups is 1. The van der Waals surface area contributed by atoms with E-state index in [4.69, 9.17) is 4.42 Å². The third-order valence-electron chi connectivity index (χ3n) is 4.52. The molecule has 0 aliphatic carbocycles. The van der Waals surface area contributed by atoms with Gasteiger partial charge in [-0.2, -0.15) is 0 Å². The molecule has 29 heavy (non-hydrogen) atoms. The second-order valence-corrected chi connectivity index (χ2v) is 8.60. The molecule has 1 aromatic heterocycles. The predicted octanol–water partition coefficient (Wildman–Crippen LogP) is 3.94. The first-order valence-electron chi connectivity index (χ1n) is 8.94. The standard InChI is InChI=1S/C21H17N3O4S/c1-2-29(26,27)16-12-10-15(11-13-16)20-23-24-21(28-20)22-19(25)18-9-5-7-14-6-3-4-8-17(14)18/h3-13H,2H2,1H3,(H,22,24,25). The van der Waals surface area contributed by atoms with E-state index in [-0.39, 0.29) is 28.5 Å². The fourth-order valence-electron chi connectivity index (χ4n) is 2.95. The quantitative estimate of drug-likeness (QED) is 0.538. The number of aromatic nitrogens is 2. The predicted molar refractivity (Wildman–Crippen MR) is 109 cm³/mol. The summed E-state index contributed by atoms with van der Waals surface area (Å²) in [6.45, 7) is 1.59. The van der Waals surface area contributed by atoms with Crippen LogP contribution in [0.25, 0.3) is 22.2 Å². The molecule has 4 rings (SSSR count). The molecule has 0 saturated carbocycles. The molecule has 3 aromatic carbocycles.